The Balaban J connectivity index is 1.94. The second kappa shape index (κ2) is 5.21. The van der Waals surface area contributed by atoms with E-state index in [2.05, 4.69) is 6.07 Å². The number of aliphatic carboxylic acids is 1. The molecule has 4 nitrogen and oxygen atoms in total. The Morgan fingerprint density at radius 1 is 1.39 bits per heavy atom. The van der Waals surface area contributed by atoms with Crippen LogP contribution in [0.15, 0.2) is 18.2 Å². The molecule has 1 aromatic rings. The van der Waals surface area contributed by atoms with Crippen molar-refractivity contribution in [1.82, 2.24) is 0 Å². The molecule has 4 heteroatoms. The first-order valence-corrected chi connectivity index (χ1v) is 6.18. The molecule has 0 atom stereocenters. The summed E-state index contributed by atoms with van der Waals surface area (Å²) >= 11 is 0. The van der Waals surface area contributed by atoms with Crippen LogP contribution in [0.4, 0.5) is 5.69 Å². The lowest BCUT2D eigenvalue weighted by molar-refractivity contribution is -0.137. The minimum absolute atomic E-state index is 0.132. The van der Waals surface area contributed by atoms with Crippen LogP contribution >= 0.6 is 0 Å². The van der Waals surface area contributed by atoms with E-state index in [1.54, 1.807) is 11.9 Å². The molecule has 18 heavy (non-hydrogen) atoms. The van der Waals surface area contributed by atoms with E-state index < -0.39 is 5.97 Å². The van der Waals surface area contributed by atoms with Crippen LogP contribution in [-0.2, 0) is 22.4 Å². The average Bonchev–Trinajstić information content (AvgIpc) is 2.60. The molecule has 1 amide bonds. The first-order valence-electron chi connectivity index (χ1n) is 6.18. The zero-order valence-electron chi connectivity index (χ0n) is 10.5. The van der Waals surface area contributed by atoms with Crippen molar-refractivity contribution in [3.63, 3.8) is 0 Å². The quantitative estimate of drug-likeness (QED) is 0.810. The number of anilines is 1. The van der Waals surface area contributed by atoms with Gasteiger partial charge < -0.3 is 10.0 Å². The SMILES string of the molecule is CN1C(=O)Cc2cc(CCCCC(=O)O)ccc21. The van der Waals surface area contributed by atoms with Gasteiger partial charge in [0.2, 0.25) is 5.91 Å². The van der Waals surface area contributed by atoms with Gasteiger partial charge in [0, 0.05) is 19.2 Å². The lowest BCUT2D eigenvalue weighted by Gasteiger charge is -2.10. The molecule has 1 aliphatic rings. The van der Waals surface area contributed by atoms with E-state index in [0.717, 1.165) is 24.1 Å². The van der Waals surface area contributed by atoms with Gasteiger partial charge in [0.25, 0.3) is 0 Å². The number of nitrogens with zero attached hydrogens (tertiary/aromatic N) is 1. The number of aryl methyl sites for hydroxylation is 1. The normalized spacial score (nSPS) is 13.8. The highest BCUT2D eigenvalue weighted by atomic mass is 16.4. The molecule has 1 heterocycles. The molecule has 1 aromatic carbocycles. The molecule has 1 N–H and O–H groups in total. The Labute approximate surface area is 106 Å². The predicted octanol–water partition coefficient (Wildman–Crippen LogP) is 2.00. The van der Waals surface area contributed by atoms with E-state index >= 15 is 0 Å². The molecule has 0 saturated carbocycles. The van der Waals surface area contributed by atoms with Gasteiger partial charge in [-0.2, -0.15) is 0 Å². The van der Waals surface area contributed by atoms with Gasteiger partial charge in [0.1, 0.15) is 0 Å². The number of carboxylic acids is 1. The third kappa shape index (κ3) is 2.70. The van der Waals surface area contributed by atoms with Gasteiger partial charge >= 0.3 is 5.97 Å². The molecule has 96 valence electrons. The molecular weight excluding hydrogens is 230 g/mol. The van der Waals surface area contributed by atoms with Crippen LogP contribution in [0, 0.1) is 0 Å². The highest BCUT2D eigenvalue weighted by molar-refractivity contribution is 6.00. The first-order chi connectivity index (χ1) is 8.58. The van der Waals surface area contributed by atoms with Gasteiger partial charge in [-0.15, -0.1) is 0 Å². The van der Waals surface area contributed by atoms with Crippen LogP contribution in [-0.4, -0.2) is 24.0 Å². The maximum Gasteiger partial charge on any atom is 0.303 e. The van der Waals surface area contributed by atoms with Gasteiger partial charge in [-0.1, -0.05) is 12.1 Å². The Kier molecular flexibility index (Phi) is 3.65. The van der Waals surface area contributed by atoms with E-state index in [9.17, 15) is 9.59 Å². The third-order valence-electron chi connectivity index (χ3n) is 3.33. The molecule has 2 rings (SSSR count). The minimum Gasteiger partial charge on any atom is -0.481 e. The maximum atomic E-state index is 11.5. The molecule has 0 unspecified atom stereocenters. The number of carbonyl (C=O) groups is 2. The number of amides is 1. The average molecular weight is 247 g/mol. The molecule has 0 bridgehead atoms. The first kappa shape index (κ1) is 12.6. The third-order valence-corrected chi connectivity index (χ3v) is 3.33. The van der Waals surface area contributed by atoms with Crippen molar-refractivity contribution < 1.29 is 14.7 Å². The van der Waals surface area contributed by atoms with E-state index in [1.807, 2.05) is 12.1 Å². The molecule has 0 radical (unpaired) electrons. The summed E-state index contributed by atoms with van der Waals surface area (Å²) in [6.07, 6.45) is 3.15. The number of carbonyl (C=O) groups excluding carboxylic acids is 1. The molecule has 0 fully saturated rings. The summed E-state index contributed by atoms with van der Waals surface area (Å²) < 4.78 is 0. The molecule has 0 aromatic heterocycles. The number of rotatable bonds is 5. The van der Waals surface area contributed by atoms with Crippen LogP contribution < -0.4 is 4.90 Å². The number of carboxylic acid groups (broad SMARTS) is 1. The van der Waals surface area contributed by atoms with Crippen LogP contribution in [0.3, 0.4) is 0 Å². The van der Waals surface area contributed by atoms with Gasteiger partial charge in [-0.25, -0.2) is 0 Å². The minimum atomic E-state index is -0.740. The van der Waals surface area contributed by atoms with E-state index in [4.69, 9.17) is 5.11 Å². The second-order valence-electron chi connectivity index (χ2n) is 4.69. The lowest BCUT2D eigenvalue weighted by atomic mass is 10.0. The number of benzene rings is 1. The number of unbranched alkanes of at least 4 members (excludes halogenated alkanes) is 1. The fourth-order valence-electron chi connectivity index (χ4n) is 2.28. The van der Waals surface area contributed by atoms with Crippen LogP contribution in [0.2, 0.25) is 0 Å². The smallest absolute Gasteiger partial charge is 0.303 e. The van der Waals surface area contributed by atoms with Gasteiger partial charge in [-0.05, 0) is 36.5 Å². The number of hydrogen-bond donors (Lipinski definition) is 1. The van der Waals surface area contributed by atoms with Crippen LogP contribution in [0.1, 0.15) is 30.4 Å². The summed E-state index contributed by atoms with van der Waals surface area (Å²) in [6.45, 7) is 0. The Bertz CT molecular complexity index is 482. The Hall–Kier alpha value is -1.84. The summed E-state index contributed by atoms with van der Waals surface area (Å²) in [5.74, 6) is -0.607. The van der Waals surface area contributed by atoms with Gasteiger partial charge in [0.15, 0.2) is 0 Å². The predicted molar refractivity (Wildman–Crippen MR) is 68.7 cm³/mol. The van der Waals surface area contributed by atoms with Crippen molar-refractivity contribution in [3.8, 4) is 0 Å². The van der Waals surface area contributed by atoms with Crippen LogP contribution in [0.5, 0.6) is 0 Å². The van der Waals surface area contributed by atoms with Crippen LogP contribution in [0.25, 0.3) is 0 Å². The molecule has 0 saturated heterocycles. The fraction of sp³-hybridized carbons (Fsp3) is 0.429. The summed E-state index contributed by atoms with van der Waals surface area (Å²) in [7, 11) is 1.79. The zero-order chi connectivity index (χ0) is 13.1. The standard InChI is InChI=1S/C14H17NO3/c1-15-12-7-6-10(4-2-3-5-14(17)18)8-11(12)9-13(15)16/h6-8H,2-5,9H2,1H3,(H,17,18). The van der Waals surface area contributed by atoms with Crippen molar-refractivity contribution in [3.05, 3.63) is 29.3 Å². The van der Waals surface area contributed by atoms with Crippen molar-refractivity contribution in [2.45, 2.75) is 32.1 Å². The summed E-state index contributed by atoms with van der Waals surface area (Å²) in [5, 5.41) is 8.55. The van der Waals surface area contributed by atoms with E-state index in [0.29, 0.717) is 12.8 Å². The Morgan fingerprint density at radius 2 is 2.17 bits per heavy atom. The van der Waals surface area contributed by atoms with Crippen molar-refractivity contribution in [2.75, 3.05) is 11.9 Å². The molecule has 1 aliphatic heterocycles. The zero-order valence-corrected chi connectivity index (χ0v) is 10.5. The summed E-state index contributed by atoms with van der Waals surface area (Å²) in [6, 6.07) is 6.07. The van der Waals surface area contributed by atoms with E-state index in [-0.39, 0.29) is 12.3 Å². The van der Waals surface area contributed by atoms with Crippen molar-refractivity contribution in [1.29, 1.82) is 0 Å². The highest BCUT2D eigenvalue weighted by Gasteiger charge is 2.23. The van der Waals surface area contributed by atoms with Gasteiger partial charge in [0.05, 0.1) is 6.42 Å². The van der Waals surface area contributed by atoms with Gasteiger partial charge in [-0.3, -0.25) is 9.59 Å². The molecule has 0 aliphatic carbocycles. The topological polar surface area (TPSA) is 57.6 Å². The second-order valence-corrected chi connectivity index (χ2v) is 4.69. The molecular formula is C14H17NO3. The largest absolute Gasteiger partial charge is 0.481 e. The highest BCUT2D eigenvalue weighted by Crippen LogP contribution is 2.28. The molecule has 0 spiro atoms. The monoisotopic (exact) mass is 247 g/mol. The fourth-order valence-corrected chi connectivity index (χ4v) is 2.28. The number of hydrogen-bond acceptors (Lipinski definition) is 2. The van der Waals surface area contributed by atoms with Crippen molar-refractivity contribution >= 4 is 17.6 Å². The number of fused-ring (bicyclic) bond motifs is 1. The maximum absolute atomic E-state index is 11.5. The van der Waals surface area contributed by atoms with Crippen molar-refractivity contribution in [2.24, 2.45) is 0 Å². The lowest BCUT2D eigenvalue weighted by Crippen LogP contribution is -2.20. The Morgan fingerprint density at radius 3 is 2.89 bits per heavy atom. The summed E-state index contributed by atoms with van der Waals surface area (Å²) in [5.41, 5.74) is 3.26. The summed E-state index contributed by atoms with van der Waals surface area (Å²) in [4.78, 5) is 23.6. The van der Waals surface area contributed by atoms with E-state index in [1.165, 1.54) is 5.56 Å². The number of likely N-dealkylation sites (N-methyl/N-ethyl adjacent to an activating group) is 1.